The number of rotatable bonds is 4. The van der Waals surface area contributed by atoms with E-state index in [4.69, 9.17) is 4.42 Å². The third-order valence-corrected chi connectivity index (χ3v) is 3.83. The van der Waals surface area contributed by atoms with Gasteiger partial charge in [0, 0.05) is 17.5 Å². The van der Waals surface area contributed by atoms with Gasteiger partial charge in [-0.15, -0.1) is 0 Å². The van der Waals surface area contributed by atoms with Crippen molar-refractivity contribution in [2.24, 2.45) is 0 Å². The fraction of sp³-hybridized carbons (Fsp3) is 0.111. The van der Waals surface area contributed by atoms with Crippen molar-refractivity contribution >= 4 is 17.1 Å². The van der Waals surface area contributed by atoms with Crippen LogP contribution >= 0.6 is 0 Å². The molecule has 0 saturated carbocycles. The van der Waals surface area contributed by atoms with Gasteiger partial charge < -0.3 is 9.73 Å². The molecule has 0 atom stereocenters. The number of aromatic nitrogens is 4. The zero-order valence-electron chi connectivity index (χ0n) is 13.5. The van der Waals surface area contributed by atoms with Crippen molar-refractivity contribution in [3.05, 3.63) is 65.8 Å². The number of aryl methyl sites for hydroxylation is 1. The second kappa shape index (κ2) is 6.20. The van der Waals surface area contributed by atoms with Crippen molar-refractivity contribution in [3.8, 4) is 11.3 Å². The molecule has 0 aliphatic heterocycles. The summed E-state index contributed by atoms with van der Waals surface area (Å²) in [5.41, 5.74) is 3.83. The van der Waals surface area contributed by atoms with Gasteiger partial charge in [-0.05, 0) is 19.1 Å². The summed E-state index contributed by atoms with van der Waals surface area (Å²) in [6, 6.07) is 13.1. The van der Waals surface area contributed by atoms with E-state index in [1.165, 1.54) is 0 Å². The molecule has 0 saturated heterocycles. The van der Waals surface area contributed by atoms with Gasteiger partial charge in [0.05, 0.1) is 12.1 Å². The van der Waals surface area contributed by atoms with Crippen molar-refractivity contribution in [1.29, 1.82) is 0 Å². The van der Waals surface area contributed by atoms with Crippen molar-refractivity contribution in [2.45, 2.75) is 13.5 Å². The van der Waals surface area contributed by atoms with E-state index >= 15 is 0 Å². The highest BCUT2D eigenvalue weighted by atomic mass is 16.3. The number of hydrogen-bond acceptors (Lipinski definition) is 5. The van der Waals surface area contributed by atoms with Crippen LogP contribution in [0.1, 0.15) is 21.9 Å². The molecule has 7 nitrogen and oxygen atoms in total. The van der Waals surface area contributed by atoms with Gasteiger partial charge in [-0.3, -0.25) is 9.89 Å². The molecule has 4 aromatic rings. The van der Waals surface area contributed by atoms with Crippen molar-refractivity contribution in [2.75, 3.05) is 0 Å². The summed E-state index contributed by atoms with van der Waals surface area (Å²) in [4.78, 5) is 21.0. The smallest absolute Gasteiger partial charge is 0.255 e. The normalized spacial score (nSPS) is 10.9. The van der Waals surface area contributed by atoms with E-state index in [9.17, 15) is 4.79 Å². The van der Waals surface area contributed by atoms with Gasteiger partial charge in [-0.1, -0.05) is 30.3 Å². The third kappa shape index (κ3) is 2.87. The molecule has 3 heterocycles. The number of carbonyl (C=O) groups excluding carboxylic acids is 1. The van der Waals surface area contributed by atoms with E-state index in [-0.39, 0.29) is 12.5 Å². The highest BCUT2D eigenvalue weighted by Gasteiger charge is 2.19. The molecule has 1 aromatic carbocycles. The minimum absolute atomic E-state index is 0.175. The topological polar surface area (TPSA) is 96.7 Å². The van der Waals surface area contributed by atoms with Crippen LogP contribution in [0.5, 0.6) is 0 Å². The highest BCUT2D eigenvalue weighted by molar-refractivity contribution is 6.01. The second-order valence-electron chi connectivity index (χ2n) is 5.55. The molecule has 0 unspecified atom stereocenters. The van der Waals surface area contributed by atoms with Crippen LogP contribution in [0.4, 0.5) is 0 Å². The standard InChI is InChI=1S/C18H15N5O2/c1-11-15(16(23-22-11)12-6-3-2-4-7-12)18(24)20-10-14-21-17-13(25-14)8-5-9-19-17/h2-9H,10H2,1H3,(H,20,24)(H,22,23). The van der Waals surface area contributed by atoms with Gasteiger partial charge in [-0.2, -0.15) is 10.1 Å². The number of fused-ring (bicyclic) bond motifs is 1. The summed E-state index contributed by atoms with van der Waals surface area (Å²) < 4.78 is 5.57. The molecule has 25 heavy (non-hydrogen) atoms. The zero-order valence-corrected chi connectivity index (χ0v) is 13.5. The molecule has 1 amide bonds. The number of aromatic amines is 1. The lowest BCUT2D eigenvalue weighted by Gasteiger charge is -2.05. The Kier molecular flexibility index (Phi) is 3.74. The fourth-order valence-electron chi connectivity index (χ4n) is 2.65. The van der Waals surface area contributed by atoms with Crippen LogP contribution in [0.25, 0.3) is 22.5 Å². The van der Waals surface area contributed by atoms with Crippen molar-refractivity contribution in [1.82, 2.24) is 25.5 Å². The summed E-state index contributed by atoms with van der Waals surface area (Å²) in [7, 11) is 0. The zero-order chi connectivity index (χ0) is 17.2. The van der Waals surface area contributed by atoms with E-state index in [1.54, 1.807) is 18.3 Å². The maximum absolute atomic E-state index is 12.7. The molecular weight excluding hydrogens is 318 g/mol. The lowest BCUT2D eigenvalue weighted by atomic mass is 10.1. The van der Waals surface area contributed by atoms with Gasteiger partial charge in [0.25, 0.3) is 5.91 Å². The first-order valence-electron chi connectivity index (χ1n) is 7.81. The first-order valence-corrected chi connectivity index (χ1v) is 7.81. The van der Waals surface area contributed by atoms with Crippen LogP contribution in [0.15, 0.2) is 53.1 Å². The summed E-state index contributed by atoms with van der Waals surface area (Å²) in [6.45, 7) is 1.99. The van der Waals surface area contributed by atoms with Crippen molar-refractivity contribution in [3.63, 3.8) is 0 Å². The molecule has 124 valence electrons. The van der Waals surface area contributed by atoms with Crippen molar-refractivity contribution < 1.29 is 9.21 Å². The predicted octanol–water partition coefficient (Wildman–Crippen LogP) is 2.85. The Hall–Kier alpha value is -3.48. The number of oxazole rings is 1. The van der Waals surface area contributed by atoms with Crippen LogP contribution in [0, 0.1) is 6.92 Å². The van der Waals surface area contributed by atoms with E-state index < -0.39 is 0 Å². The largest absolute Gasteiger partial charge is 0.437 e. The Labute approximate surface area is 143 Å². The number of amides is 1. The lowest BCUT2D eigenvalue weighted by molar-refractivity contribution is 0.0947. The summed E-state index contributed by atoms with van der Waals surface area (Å²) in [5.74, 6) is 0.171. The number of pyridine rings is 1. The molecule has 0 fully saturated rings. The molecule has 0 bridgehead atoms. The summed E-state index contributed by atoms with van der Waals surface area (Å²) >= 11 is 0. The minimum atomic E-state index is -0.236. The third-order valence-electron chi connectivity index (χ3n) is 3.83. The van der Waals surface area contributed by atoms with E-state index in [2.05, 4.69) is 25.5 Å². The van der Waals surface area contributed by atoms with Gasteiger partial charge in [-0.25, -0.2) is 4.98 Å². The molecule has 0 aliphatic rings. The van der Waals surface area contributed by atoms with Gasteiger partial charge in [0.2, 0.25) is 5.89 Å². The first kappa shape index (κ1) is 15.1. The fourth-order valence-corrected chi connectivity index (χ4v) is 2.65. The maximum atomic E-state index is 12.7. The molecule has 2 N–H and O–H groups in total. The minimum Gasteiger partial charge on any atom is -0.437 e. The SMILES string of the molecule is Cc1[nH]nc(-c2ccccc2)c1C(=O)NCc1nc2ncccc2o1. The second-order valence-corrected chi connectivity index (χ2v) is 5.55. The Bertz CT molecular complexity index is 1000. The van der Waals surface area contributed by atoms with Crippen LogP contribution in [0.3, 0.4) is 0 Å². The van der Waals surface area contributed by atoms with E-state index in [1.807, 2.05) is 37.3 Å². The average Bonchev–Trinajstić information content (AvgIpc) is 3.23. The van der Waals surface area contributed by atoms with Crippen LogP contribution in [-0.2, 0) is 6.54 Å². The number of carbonyl (C=O) groups is 1. The van der Waals surface area contributed by atoms with Crippen LogP contribution in [0.2, 0.25) is 0 Å². The Morgan fingerprint density at radius 2 is 2.04 bits per heavy atom. The number of nitrogens with one attached hydrogen (secondary N) is 2. The van der Waals surface area contributed by atoms with E-state index in [0.717, 1.165) is 5.56 Å². The number of nitrogens with zero attached hydrogens (tertiary/aromatic N) is 3. The molecule has 0 spiro atoms. The molecule has 0 aliphatic carbocycles. The maximum Gasteiger partial charge on any atom is 0.255 e. The molecule has 0 radical (unpaired) electrons. The van der Waals surface area contributed by atoms with Gasteiger partial charge in [0.15, 0.2) is 11.2 Å². The number of H-pyrrole nitrogens is 1. The Balaban J connectivity index is 1.56. The monoisotopic (exact) mass is 333 g/mol. The summed E-state index contributed by atoms with van der Waals surface area (Å²) in [6.07, 6.45) is 1.65. The van der Waals surface area contributed by atoms with Crippen LogP contribution < -0.4 is 5.32 Å². The number of hydrogen-bond donors (Lipinski definition) is 2. The van der Waals surface area contributed by atoms with Crippen LogP contribution in [-0.4, -0.2) is 26.1 Å². The Morgan fingerprint density at radius 3 is 2.84 bits per heavy atom. The molecule has 3 aromatic heterocycles. The predicted molar refractivity (Wildman–Crippen MR) is 91.7 cm³/mol. The van der Waals surface area contributed by atoms with Gasteiger partial charge >= 0.3 is 0 Å². The average molecular weight is 333 g/mol. The Morgan fingerprint density at radius 1 is 1.20 bits per heavy atom. The molecule has 7 heteroatoms. The highest BCUT2D eigenvalue weighted by Crippen LogP contribution is 2.23. The van der Waals surface area contributed by atoms with E-state index in [0.29, 0.717) is 34.1 Å². The molecular formula is C18H15N5O2. The summed E-state index contributed by atoms with van der Waals surface area (Å²) in [5, 5.41) is 9.97. The van der Waals surface area contributed by atoms with Gasteiger partial charge in [0.1, 0.15) is 5.69 Å². The first-order chi connectivity index (χ1) is 12.2. The quantitative estimate of drug-likeness (QED) is 0.598. The lowest BCUT2D eigenvalue weighted by Crippen LogP contribution is -2.23. The molecule has 4 rings (SSSR count). The number of benzene rings is 1.